The van der Waals surface area contributed by atoms with Crippen molar-refractivity contribution in [1.29, 1.82) is 0 Å². The molecule has 0 radical (unpaired) electrons. The maximum atomic E-state index is 13.0. The van der Waals surface area contributed by atoms with Crippen LogP contribution < -0.4 is 4.72 Å². The number of hydrogen-bond acceptors (Lipinski definition) is 5. The fraction of sp³-hybridized carbons (Fsp3) is 0.500. The molecule has 0 aliphatic carbocycles. The van der Waals surface area contributed by atoms with Gasteiger partial charge < -0.3 is 4.90 Å². The zero-order valence-corrected chi connectivity index (χ0v) is 18.4. The minimum absolute atomic E-state index is 0.0325. The maximum Gasteiger partial charge on any atom is 0.265 e. The van der Waals surface area contributed by atoms with Gasteiger partial charge >= 0.3 is 0 Å². The average Bonchev–Trinajstić information content (AvgIpc) is 3.01. The molecule has 6 nitrogen and oxygen atoms in total. The van der Waals surface area contributed by atoms with Crippen LogP contribution in [-0.2, 0) is 16.4 Å². The molecule has 1 N–H and O–H groups in total. The monoisotopic (exact) mass is 439 g/mol. The van der Waals surface area contributed by atoms with Crippen LogP contribution in [0.4, 0.5) is 4.39 Å². The summed E-state index contributed by atoms with van der Waals surface area (Å²) in [5, 5.41) is 0.975. The molecule has 1 fully saturated rings. The fourth-order valence-corrected chi connectivity index (χ4v) is 5.88. The molecule has 0 saturated carbocycles. The first-order valence-electron chi connectivity index (χ1n) is 9.69. The SMILES string of the molecule is Cc1nc(CC(C)C)sc1C(=O)N1CCC(NS(=O)(=O)c2ccc(F)cc2)CC1. The Bertz CT molecular complexity index is 963. The number of carbonyl (C=O) groups is 1. The highest BCUT2D eigenvalue weighted by atomic mass is 32.2. The van der Waals surface area contributed by atoms with Crippen LogP contribution in [0.3, 0.4) is 0 Å². The van der Waals surface area contributed by atoms with Crippen molar-refractivity contribution in [2.24, 2.45) is 5.92 Å². The number of carbonyl (C=O) groups excluding carboxylic acids is 1. The number of sulfonamides is 1. The molecule has 1 aliphatic heterocycles. The number of nitrogens with one attached hydrogen (secondary N) is 1. The van der Waals surface area contributed by atoms with E-state index < -0.39 is 15.8 Å². The molecular formula is C20H26FN3O3S2. The second kappa shape index (κ2) is 8.89. The molecule has 1 aliphatic rings. The number of amides is 1. The summed E-state index contributed by atoms with van der Waals surface area (Å²) in [5.41, 5.74) is 0.759. The van der Waals surface area contributed by atoms with Crippen LogP contribution in [0.2, 0.25) is 0 Å². The number of nitrogens with zero attached hydrogens (tertiary/aromatic N) is 2. The Morgan fingerprint density at radius 3 is 2.48 bits per heavy atom. The minimum Gasteiger partial charge on any atom is -0.338 e. The number of benzene rings is 1. The van der Waals surface area contributed by atoms with E-state index in [4.69, 9.17) is 0 Å². The summed E-state index contributed by atoms with van der Waals surface area (Å²) < 4.78 is 40.6. The Kier molecular flexibility index (Phi) is 6.70. The molecule has 0 atom stereocenters. The highest BCUT2D eigenvalue weighted by molar-refractivity contribution is 7.89. The zero-order chi connectivity index (χ0) is 21.2. The first-order valence-corrected chi connectivity index (χ1v) is 12.0. The van der Waals surface area contributed by atoms with Gasteiger partial charge in [-0.2, -0.15) is 0 Å². The number of piperidine rings is 1. The van der Waals surface area contributed by atoms with Crippen molar-refractivity contribution >= 4 is 27.3 Å². The molecule has 1 amide bonds. The molecule has 158 valence electrons. The van der Waals surface area contributed by atoms with Gasteiger partial charge in [0.05, 0.1) is 15.6 Å². The van der Waals surface area contributed by atoms with Gasteiger partial charge in [0.1, 0.15) is 10.7 Å². The van der Waals surface area contributed by atoms with E-state index in [9.17, 15) is 17.6 Å². The van der Waals surface area contributed by atoms with Crippen molar-refractivity contribution < 1.29 is 17.6 Å². The molecule has 3 rings (SSSR count). The van der Waals surface area contributed by atoms with E-state index in [1.54, 1.807) is 4.90 Å². The predicted octanol–water partition coefficient (Wildman–Crippen LogP) is 3.37. The van der Waals surface area contributed by atoms with Crippen LogP contribution in [0, 0.1) is 18.7 Å². The van der Waals surface area contributed by atoms with E-state index in [0.717, 1.165) is 29.3 Å². The summed E-state index contributed by atoms with van der Waals surface area (Å²) in [5.74, 6) is -0.0334. The van der Waals surface area contributed by atoms with Crippen molar-refractivity contribution in [3.63, 3.8) is 0 Å². The summed E-state index contributed by atoms with van der Waals surface area (Å²) in [4.78, 5) is 19.9. The number of rotatable bonds is 6. The van der Waals surface area contributed by atoms with E-state index in [-0.39, 0.29) is 16.8 Å². The van der Waals surface area contributed by atoms with E-state index in [0.29, 0.717) is 36.7 Å². The highest BCUT2D eigenvalue weighted by Gasteiger charge is 2.29. The summed E-state index contributed by atoms with van der Waals surface area (Å²) in [6.45, 7) is 7.06. The largest absolute Gasteiger partial charge is 0.338 e. The van der Waals surface area contributed by atoms with E-state index in [2.05, 4.69) is 23.6 Å². The molecule has 9 heteroatoms. The third kappa shape index (κ3) is 5.40. The third-order valence-electron chi connectivity index (χ3n) is 4.85. The Morgan fingerprint density at radius 2 is 1.90 bits per heavy atom. The molecule has 0 unspecified atom stereocenters. The molecule has 1 aromatic heterocycles. The molecule has 29 heavy (non-hydrogen) atoms. The highest BCUT2D eigenvalue weighted by Crippen LogP contribution is 2.24. The van der Waals surface area contributed by atoms with Crippen LogP contribution in [0.15, 0.2) is 29.2 Å². The van der Waals surface area contributed by atoms with Gasteiger partial charge in [0.25, 0.3) is 5.91 Å². The van der Waals surface area contributed by atoms with Crippen LogP contribution in [0.25, 0.3) is 0 Å². The lowest BCUT2D eigenvalue weighted by atomic mass is 10.1. The van der Waals surface area contributed by atoms with Gasteiger partial charge in [-0.1, -0.05) is 13.8 Å². The van der Waals surface area contributed by atoms with Crippen molar-refractivity contribution in [2.45, 2.75) is 51.0 Å². The number of thiazole rings is 1. The van der Waals surface area contributed by atoms with Crippen LogP contribution in [0.5, 0.6) is 0 Å². The van der Waals surface area contributed by atoms with E-state index >= 15 is 0 Å². The van der Waals surface area contributed by atoms with Crippen LogP contribution in [0.1, 0.15) is 47.1 Å². The topological polar surface area (TPSA) is 79.4 Å². The van der Waals surface area contributed by atoms with Gasteiger partial charge in [0, 0.05) is 25.6 Å². The molecule has 1 saturated heterocycles. The lowest BCUT2D eigenvalue weighted by Gasteiger charge is -2.32. The Labute approximate surface area is 175 Å². The summed E-state index contributed by atoms with van der Waals surface area (Å²) >= 11 is 1.45. The van der Waals surface area contributed by atoms with Crippen molar-refractivity contribution in [3.05, 3.63) is 45.7 Å². The summed E-state index contributed by atoms with van der Waals surface area (Å²) in [6.07, 6.45) is 1.91. The van der Waals surface area contributed by atoms with Crippen LogP contribution in [-0.4, -0.2) is 43.3 Å². The van der Waals surface area contributed by atoms with Crippen LogP contribution >= 0.6 is 11.3 Å². The van der Waals surface area contributed by atoms with Gasteiger partial charge in [0.2, 0.25) is 10.0 Å². The molecule has 0 spiro atoms. The maximum absolute atomic E-state index is 13.0. The molecule has 0 bridgehead atoms. The van der Waals surface area contributed by atoms with Gasteiger partial charge in [-0.3, -0.25) is 4.79 Å². The molecular weight excluding hydrogens is 413 g/mol. The first kappa shape index (κ1) is 21.9. The van der Waals surface area contributed by atoms with E-state index in [1.165, 1.54) is 23.5 Å². The number of halogens is 1. The smallest absolute Gasteiger partial charge is 0.265 e. The Hall–Kier alpha value is -1.84. The van der Waals surface area contributed by atoms with Crippen molar-refractivity contribution in [3.8, 4) is 0 Å². The molecule has 2 heterocycles. The van der Waals surface area contributed by atoms with Crippen molar-refractivity contribution in [1.82, 2.24) is 14.6 Å². The standard InChI is InChI=1S/C20H26FN3O3S2/c1-13(2)12-18-22-14(3)19(28-18)20(25)24-10-8-16(9-11-24)23-29(26,27)17-6-4-15(21)5-7-17/h4-7,13,16,23H,8-12H2,1-3H3. The normalized spacial score (nSPS) is 15.8. The van der Waals surface area contributed by atoms with Gasteiger partial charge in [-0.15, -0.1) is 11.3 Å². The minimum atomic E-state index is -3.71. The summed E-state index contributed by atoms with van der Waals surface area (Å²) in [6, 6.07) is 4.49. The lowest BCUT2D eigenvalue weighted by molar-refractivity contribution is 0.0715. The number of likely N-dealkylation sites (tertiary alicyclic amines) is 1. The average molecular weight is 440 g/mol. The second-order valence-corrected chi connectivity index (χ2v) is 10.6. The Morgan fingerprint density at radius 1 is 1.28 bits per heavy atom. The number of hydrogen-bond donors (Lipinski definition) is 1. The third-order valence-corrected chi connectivity index (χ3v) is 7.55. The predicted molar refractivity (Wildman–Crippen MR) is 111 cm³/mol. The van der Waals surface area contributed by atoms with Crippen molar-refractivity contribution in [2.75, 3.05) is 13.1 Å². The molecule has 1 aromatic carbocycles. The molecule has 2 aromatic rings. The number of aromatic nitrogens is 1. The quantitative estimate of drug-likeness (QED) is 0.748. The van der Waals surface area contributed by atoms with Gasteiger partial charge in [-0.05, 0) is 49.9 Å². The van der Waals surface area contributed by atoms with E-state index in [1.807, 2.05) is 6.92 Å². The number of aryl methyl sites for hydroxylation is 1. The van der Waals surface area contributed by atoms with Gasteiger partial charge in [0.15, 0.2) is 0 Å². The van der Waals surface area contributed by atoms with Gasteiger partial charge in [-0.25, -0.2) is 22.5 Å². The second-order valence-electron chi connectivity index (χ2n) is 7.76. The summed E-state index contributed by atoms with van der Waals surface area (Å²) in [7, 11) is -3.71. The zero-order valence-electron chi connectivity index (χ0n) is 16.8. The fourth-order valence-electron chi connectivity index (χ4n) is 3.33. The lowest BCUT2D eigenvalue weighted by Crippen LogP contribution is -2.46. The first-order chi connectivity index (χ1) is 13.7. The Balaban J connectivity index is 1.59.